The summed E-state index contributed by atoms with van der Waals surface area (Å²) in [5.41, 5.74) is 3.28. The maximum atomic E-state index is 5.39. The van der Waals surface area contributed by atoms with Crippen LogP contribution in [0.2, 0.25) is 0 Å². The second-order valence-electron chi connectivity index (χ2n) is 5.33. The highest BCUT2D eigenvalue weighted by Gasteiger charge is 2.34. The van der Waals surface area contributed by atoms with E-state index < -0.39 is 0 Å². The fourth-order valence-electron chi connectivity index (χ4n) is 2.75. The van der Waals surface area contributed by atoms with Crippen molar-refractivity contribution in [3.63, 3.8) is 0 Å². The molecular weight excluding hydrogens is 298 g/mol. The molecule has 0 saturated carbocycles. The number of hydrogen-bond donors (Lipinski definition) is 2. The predicted octanol–water partition coefficient (Wildman–Crippen LogP) is 1.65. The van der Waals surface area contributed by atoms with Gasteiger partial charge in [0, 0.05) is 36.7 Å². The zero-order valence-electron chi connectivity index (χ0n) is 13.2. The normalized spacial score (nSPS) is 24.7. The van der Waals surface area contributed by atoms with Crippen LogP contribution in [0.3, 0.4) is 0 Å². The molecule has 3 heterocycles. The number of methoxy groups -OCH3 is 1. The average molecular weight is 319 g/mol. The van der Waals surface area contributed by atoms with E-state index >= 15 is 0 Å². The summed E-state index contributed by atoms with van der Waals surface area (Å²) in [4.78, 5) is 12.0. The fraction of sp³-hybridized carbons (Fsp3) is 0.467. The van der Waals surface area contributed by atoms with E-state index in [-0.39, 0.29) is 17.8 Å². The minimum absolute atomic E-state index is 0.132. The molecule has 0 bridgehead atoms. The van der Waals surface area contributed by atoms with Crippen molar-refractivity contribution in [3.05, 3.63) is 29.7 Å². The molecule has 0 aliphatic carbocycles. The van der Waals surface area contributed by atoms with E-state index in [2.05, 4.69) is 31.6 Å². The Labute approximate surface area is 135 Å². The number of aromatic nitrogens is 1. The largest absolute Gasteiger partial charge is 0.369 e. The molecule has 0 fully saturated rings. The van der Waals surface area contributed by atoms with Crippen molar-refractivity contribution in [2.75, 3.05) is 26.5 Å². The third-order valence-corrected chi connectivity index (χ3v) is 5.13. The van der Waals surface area contributed by atoms with Gasteiger partial charge in [0.2, 0.25) is 6.35 Å². The molecule has 2 aliphatic heterocycles. The van der Waals surface area contributed by atoms with Crippen LogP contribution in [0.4, 0.5) is 5.69 Å². The Balaban J connectivity index is 1.82. The lowest BCUT2D eigenvalue weighted by atomic mass is 10.1. The van der Waals surface area contributed by atoms with Crippen molar-refractivity contribution in [1.82, 2.24) is 15.2 Å². The minimum atomic E-state index is -0.270. The number of fused-ring (bicyclic) bond motifs is 1. The first-order chi connectivity index (χ1) is 10.6. The summed E-state index contributed by atoms with van der Waals surface area (Å²) in [5, 5.41) is 7.15. The van der Waals surface area contributed by atoms with E-state index in [0.717, 1.165) is 17.1 Å². The Morgan fingerprint density at radius 1 is 1.50 bits per heavy atom. The number of pyridine rings is 1. The Hall–Kier alpha value is -1.57. The Morgan fingerprint density at radius 2 is 2.32 bits per heavy atom. The lowest BCUT2D eigenvalue weighted by molar-refractivity contribution is 0.00339. The van der Waals surface area contributed by atoms with Crippen molar-refractivity contribution in [3.8, 4) is 0 Å². The first-order valence-electron chi connectivity index (χ1n) is 7.20. The van der Waals surface area contributed by atoms with Crippen LogP contribution in [0.5, 0.6) is 0 Å². The second-order valence-corrected chi connectivity index (χ2v) is 6.52. The molecule has 1 aromatic heterocycles. The number of aliphatic imine (C=N–C) groups is 1. The van der Waals surface area contributed by atoms with Crippen molar-refractivity contribution < 1.29 is 4.74 Å². The van der Waals surface area contributed by atoms with Gasteiger partial charge in [-0.15, -0.1) is 0 Å². The highest BCUT2D eigenvalue weighted by molar-refractivity contribution is 8.00. The van der Waals surface area contributed by atoms with E-state index in [4.69, 9.17) is 4.74 Å². The molecule has 6 nitrogen and oxygen atoms in total. The number of ether oxygens (including phenoxy) is 1. The van der Waals surface area contributed by atoms with Crippen LogP contribution < -0.4 is 10.6 Å². The molecule has 0 spiro atoms. The highest BCUT2D eigenvalue weighted by Crippen LogP contribution is 2.41. The number of thioether (sulfide) groups is 1. The van der Waals surface area contributed by atoms with Crippen LogP contribution >= 0.6 is 11.8 Å². The molecule has 2 aliphatic rings. The van der Waals surface area contributed by atoms with Crippen LogP contribution in [0.1, 0.15) is 5.69 Å². The Kier molecular flexibility index (Phi) is 4.37. The van der Waals surface area contributed by atoms with Gasteiger partial charge in [-0.3, -0.25) is 4.98 Å². The van der Waals surface area contributed by atoms with E-state index in [1.165, 1.54) is 4.90 Å². The van der Waals surface area contributed by atoms with Crippen molar-refractivity contribution in [1.29, 1.82) is 0 Å². The van der Waals surface area contributed by atoms with E-state index in [1.807, 2.05) is 51.3 Å². The number of nitrogens with one attached hydrogen (secondary N) is 2. The Bertz CT molecular complexity index is 618. The number of hydrogen-bond acceptors (Lipinski definition) is 7. The molecule has 0 radical (unpaired) electrons. The van der Waals surface area contributed by atoms with Gasteiger partial charge in [0.25, 0.3) is 0 Å². The van der Waals surface area contributed by atoms with Gasteiger partial charge in [-0.05, 0) is 26.1 Å². The lowest BCUT2D eigenvalue weighted by Gasteiger charge is -2.36. The molecule has 1 aromatic rings. The summed E-state index contributed by atoms with van der Waals surface area (Å²) in [5.74, 6) is 0. The number of allylic oxidation sites excluding steroid dienone is 1. The summed E-state index contributed by atoms with van der Waals surface area (Å²) in [6, 6.07) is 2.25. The molecule has 0 amide bonds. The predicted molar refractivity (Wildman–Crippen MR) is 90.2 cm³/mol. The van der Waals surface area contributed by atoms with Crippen LogP contribution in [-0.2, 0) is 4.74 Å². The minimum Gasteiger partial charge on any atom is -0.369 e. The van der Waals surface area contributed by atoms with Gasteiger partial charge in [-0.2, -0.15) is 0 Å². The molecule has 2 N–H and O–H groups in total. The summed E-state index contributed by atoms with van der Waals surface area (Å²) >= 11 is 1.82. The molecule has 3 rings (SSSR count). The monoisotopic (exact) mass is 319 g/mol. The van der Waals surface area contributed by atoms with Crippen LogP contribution in [0, 0.1) is 6.92 Å². The van der Waals surface area contributed by atoms with Crippen molar-refractivity contribution in [2.45, 2.75) is 29.6 Å². The topological polar surface area (TPSA) is 61.8 Å². The number of anilines is 1. The molecule has 7 heteroatoms. The van der Waals surface area contributed by atoms with Gasteiger partial charge in [0.05, 0.1) is 23.3 Å². The maximum absolute atomic E-state index is 5.39. The van der Waals surface area contributed by atoms with Gasteiger partial charge < -0.3 is 20.3 Å². The van der Waals surface area contributed by atoms with Crippen LogP contribution in [0.15, 0.2) is 33.9 Å². The third-order valence-electron chi connectivity index (χ3n) is 3.90. The molecule has 3 atom stereocenters. The number of rotatable bonds is 4. The molecule has 0 aromatic carbocycles. The zero-order valence-corrected chi connectivity index (χ0v) is 14.0. The second kappa shape index (κ2) is 6.28. The molecule has 118 valence electrons. The van der Waals surface area contributed by atoms with E-state index in [1.54, 1.807) is 7.11 Å². The fourth-order valence-corrected chi connectivity index (χ4v) is 4.09. The van der Waals surface area contributed by atoms with Gasteiger partial charge >= 0.3 is 0 Å². The summed E-state index contributed by atoms with van der Waals surface area (Å²) < 4.78 is 5.39. The van der Waals surface area contributed by atoms with Gasteiger partial charge in [0.15, 0.2) is 0 Å². The number of aryl methyl sites for hydroxylation is 1. The Morgan fingerprint density at radius 3 is 3.05 bits per heavy atom. The lowest BCUT2D eigenvalue weighted by Crippen LogP contribution is -2.48. The smallest absolute Gasteiger partial charge is 0.227 e. The van der Waals surface area contributed by atoms with Crippen LogP contribution in [-0.4, -0.2) is 55.1 Å². The van der Waals surface area contributed by atoms with Crippen molar-refractivity contribution >= 4 is 23.7 Å². The molecular formula is C15H21N5OS. The van der Waals surface area contributed by atoms with Crippen molar-refractivity contribution in [2.24, 2.45) is 4.99 Å². The third kappa shape index (κ3) is 2.71. The van der Waals surface area contributed by atoms with Gasteiger partial charge in [-0.25, -0.2) is 4.99 Å². The first kappa shape index (κ1) is 15.3. The highest BCUT2D eigenvalue weighted by atomic mass is 32.2. The SMILES string of the molecule is CNC(C1=CC=NC(OC)N1C)C1Nc2cnc(C)cc2S1. The average Bonchev–Trinajstić information content (AvgIpc) is 2.92. The number of nitrogens with zero attached hydrogens (tertiary/aromatic N) is 3. The summed E-state index contributed by atoms with van der Waals surface area (Å²) in [6.45, 7) is 2.01. The van der Waals surface area contributed by atoms with Gasteiger partial charge in [0.1, 0.15) is 0 Å². The quantitative estimate of drug-likeness (QED) is 0.880. The van der Waals surface area contributed by atoms with E-state index in [9.17, 15) is 0 Å². The first-order valence-corrected chi connectivity index (χ1v) is 8.08. The summed E-state index contributed by atoms with van der Waals surface area (Å²) in [7, 11) is 5.64. The van der Waals surface area contributed by atoms with Gasteiger partial charge in [-0.1, -0.05) is 11.8 Å². The molecule has 22 heavy (non-hydrogen) atoms. The standard InChI is InChI=1S/C15H21N5OS/c1-9-7-12-10(8-18-9)19-14(22-12)13(16-2)11-5-6-17-15(21-4)20(11)3/h5-8,13-16,19H,1-4H3. The number of likely N-dealkylation sites (N-methyl/N-ethyl adjacent to an activating group) is 2. The summed E-state index contributed by atoms with van der Waals surface area (Å²) in [6.07, 6.45) is 5.48. The molecule has 0 saturated heterocycles. The van der Waals surface area contributed by atoms with E-state index in [0.29, 0.717) is 0 Å². The zero-order chi connectivity index (χ0) is 15.7. The van der Waals surface area contributed by atoms with Crippen LogP contribution in [0.25, 0.3) is 0 Å². The maximum Gasteiger partial charge on any atom is 0.227 e. The molecule has 3 unspecified atom stereocenters.